The van der Waals surface area contributed by atoms with E-state index in [1.54, 1.807) is 16.9 Å². The highest BCUT2D eigenvalue weighted by atomic mass is 16.1. The average Bonchev–Trinajstić information content (AvgIpc) is 2.90. The maximum Gasteiger partial charge on any atom is 0.257 e. The van der Waals surface area contributed by atoms with Gasteiger partial charge in [0, 0.05) is 17.3 Å². The van der Waals surface area contributed by atoms with Crippen LogP contribution < -0.4 is 5.32 Å². The van der Waals surface area contributed by atoms with Crippen molar-refractivity contribution in [3.05, 3.63) is 54.4 Å². The number of hydrogen-bond acceptors (Lipinski definition) is 3. The largest absolute Gasteiger partial charge is 0.347 e. The summed E-state index contributed by atoms with van der Waals surface area (Å²) in [5.74, 6) is -0.166. The fourth-order valence-corrected chi connectivity index (χ4v) is 2.29. The van der Waals surface area contributed by atoms with Crippen LogP contribution in [0.3, 0.4) is 0 Å². The van der Waals surface area contributed by atoms with Gasteiger partial charge in [0.2, 0.25) is 0 Å². The van der Waals surface area contributed by atoms with E-state index in [4.69, 9.17) is 0 Å². The lowest BCUT2D eigenvalue weighted by atomic mass is 10.1. The van der Waals surface area contributed by atoms with Crippen molar-refractivity contribution in [2.45, 2.75) is 26.3 Å². The second kappa shape index (κ2) is 5.26. The van der Waals surface area contributed by atoms with Crippen molar-refractivity contribution in [3.8, 4) is 11.3 Å². The number of nitrogens with one attached hydrogen (secondary N) is 1. The number of nitrogens with zero attached hydrogens (tertiary/aromatic N) is 3. The highest BCUT2D eigenvalue weighted by Gasteiger charge is 2.20. The predicted molar refractivity (Wildman–Crippen MR) is 85.6 cm³/mol. The highest BCUT2D eigenvalue weighted by molar-refractivity contribution is 6.00. The van der Waals surface area contributed by atoms with Crippen molar-refractivity contribution in [2.75, 3.05) is 0 Å². The Hall–Kier alpha value is -2.69. The molecule has 1 aromatic carbocycles. The van der Waals surface area contributed by atoms with Gasteiger partial charge in [-0.25, -0.2) is 9.50 Å². The number of carbonyl (C=O) groups is 1. The standard InChI is InChI=1S/C17H18N4O/c1-17(2,3)20-16(22)13-11-19-21-14(9-10-18-15(13)21)12-7-5-4-6-8-12/h4-11H,1-3H3,(H,20,22). The molecule has 5 nitrogen and oxygen atoms in total. The second-order valence-corrected chi connectivity index (χ2v) is 6.19. The van der Waals surface area contributed by atoms with E-state index in [1.165, 1.54) is 0 Å². The Morgan fingerprint density at radius 3 is 2.55 bits per heavy atom. The molecule has 0 saturated heterocycles. The van der Waals surface area contributed by atoms with Crippen LogP contribution in [0.5, 0.6) is 0 Å². The van der Waals surface area contributed by atoms with E-state index in [1.807, 2.05) is 57.2 Å². The van der Waals surface area contributed by atoms with Crippen molar-refractivity contribution in [1.29, 1.82) is 0 Å². The van der Waals surface area contributed by atoms with Crippen LogP contribution in [0.25, 0.3) is 16.9 Å². The van der Waals surface area contributed by atoms with Gasteiger partial charge in [-0.05, 0) is 26.8 Å². The molecule has 5 heteroatoms. The van der Waals surface area contributed by atoms with E-state index in [0.29, 0.717) is 11.2 Å². The van der Waals surface area contributed by atoms with Crippen LogP contribution in [-0.2, 0) is 0 Å². The molecule has 0 radical (unpaired) electrons. The summed E-state index contributed by atoms with van der Waals surface area (Å²) in [6.07, 6.45) is 3.27. The zero-order valence-corrected chi connectivity index (χ0v) is 12.9. The summed E-state index contributed by atoms with van der Waals surface area (Å²) in [6.45, 7) is 5.83. The molecule has 0 aliphatic heterocycles. The van der Waals surface area contributed by atoms with Crippen LogP contribution in [0, 0.1) is 0 Å². The zero-order chi connectivity index (χ0) is 15.7. The van der Waals surface area contributed by atoms with E-state index < -0.39 is 0 Å². The molecule has 3 aromatic rings. The number of aromatic nitrogens is 3. The summed E-state index contributed by atoms with van der Waals surface area (Å²) in [5, 5.41) is 7.28. The average molecular weight is 294 g/mol. The van der Waals surface area contributed by atoms with E-state index in [0.717, 1.165) is 11.3 Å². The van der Waals surface area contributed by atoms with Crippen molar-refractivity contribution < 1.29 is 4.79 Å². The molecule has 22 heavy (non-hydrogen) atoms. The summed E-state index contributed by atoms with van der Waals surface area (Å²) in [5.41, 5.74) is 2.67. The number of hydrogen-bond donors (Lipinski definition) is 1. The first kappa shape index (κ1) is 14.3. The van der Waals surface area contributed by atoms with Crippen LogP contribution in [0.15, 0.2) is 48.8 Å². The quantitative estimate of drug-likeness (QED) is 0.790. The minimum atomic E-state index is -0.303. The molecule has 112 valence electrons. The minimum Gasteiger partial charge on any atom is -0.347 e. The van der Waals surface area contributed by atoms with E-state index in [2.05, 4.69) is 15.4 Å². The molecular formula is C17H18N4O. The lowest BCUT2D eigenvalue weighted by Crippen LogP contribution is -2.40. The fraction of sp³-hybridized carbons (Fsp3) is 0.235. The zero-order valence-electron chi connectivity index (χ0n) is 12.9. The van der Waals surface area contributed by atoms with Gasteiger partial charge in [-0.2, -0.15) is 5.10 Å². The molecule has 0 aliphatic rings. The van der Waals surface area contributed by atoms with Crippen LogP contribution in [0.4, 0.5) is 0 Å². The van der Waals surface area contributed by atoms with Gasteiger partial charge < -0.3 is 5.32 Å². The summed E-state index contributed by atoms with van der Waals surface area (Å²) in [7, 11) is 0. The Labute approximate surface area is 129 Å². The highest BCUT2D eigenvalue weighted by Crippen LogP contribution is 2.20. The first-order chi connectivity index (χ1) is 10.5. The molecule has 0 spiro atoms. The Balaban J connectivity index is 2.08. The first-order valence-corrected chi connectivity index (χ1v) is 7.16. The van der Waals surface area contributed by atoms with Gasteiger partial charge in [-0.15, -0.1) is 0 Å². The van der Waals surface area contributed by atoms with E-state index >= 15 is 0 Å². The van der Waals surface area contributed by atoms with E-state index in [-0.39, 0.29) is 11.4 Å². The molecule has 0 bridgehead atoms. The first-order valence-electron chi connectivity index (χ1n) is 7.16. The van der Waals surface area contributed by atoms with Crippen molar-refractivity contribution in [2.24, 2.45) is 0 Å². The summed E-state index contributed by atoms with van der Waals surface area (Å²) < 4.78 is 1.70. The topological polar surface area (TPSA) is 59.3 Å². The fourth-order valence-electron chi connectivity index (χ4n) is 2.29. The molecule has 1 N–H and O–H groups in total. The molecule has 0 fully saturated rings. The molecule has 0 unspecified atom stereocenters. The number of benzene rings is 1. The monoisotopic (exact) mass is 294 g/mol. The number of rotatable bonds is 2. The van der Waals surface area contributed by atoms with Crippen LogP contribution in [-0.4, -0.2) is 26.0 Å². The van der Waals surface area contributed by atoms with Crippen LogP contribution in [0.1, 0.15) is 31.1 Å². The Morgan fingerprint density at radius 2 is 1.86 bits per heavy atom. The third-order valence-corrected chi connectivity index (χ3v) is 3.20. The molecule has 2 heterocycles. The van der Waals surface area contributed by atoms with Crippen LogP contribution in [0.2, 0.25) is 0 Å². The van der Waals surface area contributed by atoms with Crippen LogP contribution >= 0.6 is 0 Å². The maximum atomic E-state index is 12.4. The SMILES string of the molecule is CC(C)(C)NC(=O)c1cnn2c(-c3ccccc3)ccnc12. The van der Waals surface area contributed by atoms with Crippen molar-refractivity contribution in [1.82, 2.24) is 19.9 Å². The van der Waals surface area contributed by atoms with Gasteiger partial charge in [-0.1, -0.05) is 30.3 Å². The summed E-state index contributed by atoms with van der Waals surface area (Å²) >= 11 is 0. The minimum absolute atomic E-state index is 0.166. The normalized spacial score (nSPS) is 11.6. The summed E-state index contributed by atoms with van der Waals surface area (Å²) in [4.78, 5) is 16.7. The van der Waals surface area contributed by atoms with Gasteiger partial charge >= 0.3 is 0 Å². The molecule has 3 rings (SSSR count). The molecule has 0 saturated carbocycles. The molecule has 1 amide bonds. The van der Waals surface area contributed by atoms with Crippen molar-refractivity contribution >= 4 is 11.6 Å². The Morgan fingerprint density at radius 1 is 1.14 bits per heavy atom. The number of carbonyl (C=O) groups excluding carboxylic acids is 1. The molecular weight excluding hydrogens is 276 g/mol. The molecule has 0 atom stereocenters. The van der Waals surface area contributed by atoms with E-state index in [9.17, 15) is 4.79 Å². The third kappa shape index (κ3) is 2.70. The predicted octanol–water partition coefficient (Wildman–Crippen LogP) is 2.92. The Bertz CT molecular complexity index is 816. The molecule has 2 aromatic heterocycles. The second-order valence-electron chi connectivity index (χ2n) is 6.19. The van der Waals surface area contributed by atoms with Gasteiger partial charge in [0.25, 0.3) is 5.91 Å². The van der Waals surface area contributed by atoms with Gasteiger partial charge in [-0.3, -0.25) is 4.79 Å². The number of fused-ring (bicyclic) bond motifs is 1. The molecule has 0 aliphatic carbocycles. The van der Waals surface area contributed by atoms with Gasteiger partial charge in [0.05, 0.1) is 11.9 Å². The third-order valence-electron chi connectivity index (χ3n) is 3.20. The maximum absolute atomic E-state index is 12.4. The van der Waals surface area contributed by atoms with Crippen molar-refractivity contribution in [3.63, 3.8) is 0 Å². The lowest BCUT2D eigenvalue weighted by molar-refractivity contribution is 0.0921. The number of amides is 1. The lowest BCUT2D eigenvalue weighted by Gasteiger charge is -2.19. The van der Waals surface area contributed by atoms with Gasteiger partial charge in [0.15, 0.2) is 5.65 Å². The Kier molecular flexibility index (Phi) is 3.41. The smallest absolute Gasteiger partial charge is 0.257 e. The van der Waals surface area contributed by atoms with Gasteiger partial charge in [0.1, 0.15) is 5.56 Å². The summed E-state index contributed by atoms with van der Waals surface area (Å²) in [6, 6.07) is 11.8.